The molecule has 1 amide bonds. The zero-order valence-corrected chi connectivity index (χ0v) is 13.9. The molecule has 5 heteroatoms. The third kappa shape index (κ3) is 5.33. The summed E-state index contributed by atoms with van der Waals surface area (Å²) in [5.41, 5.74) is 1.18. The van der Waals surface area contributed by atoms with Crippen LogP contribution < -0.4 is 9.47 Å². The van der Waals surface area contributed by atoms with Gasteiger partial charge < -0.3 is 14.4 Å². The molecule has 0 aliphatic heterocycles. The van der Waals surface area contributed by atoms with E-state index < -0.39 is 0 Å². The maximum absolute atomic E-state index is 11.8. The van der Waals surface area contributed by atoms with Crippen molar-refractivity contribution in [2.75, 3.05) is 20.2 Å². The topological polar surface area (TPSA) is 62.6 Å². The molecule has 0 N–H and O–H groups in total. The van der Waals surface area contributed by atoms with E-state index >= 15 is 0 Å². The van der Waals surface area contributed by atoms with Crippen molar-refractivity contribution in [3.63, 3.8) is 0 Å². The second kappa shape index (κ2) is 8.59. The maximum Gasteiger partial charge on any atom is 0.260 e. The van der Waals surface area contributed by atoms with Gasteiger partial charge in [0.2, 0.25) is 0 Å². The van der Waals surface area contributed by atoms with Crippen LogP contribution in [-0.4, -0.2) is 31.0 Å². The number of ether oxygens (including phenoxy) is 2. The first-order valence-corrected chi connectivity index (χ1v) is 7.67. The largest absolute Gasteiger partial charge is 0.484 e. The smallest absolute Gasteiger partial charge is 0.260 e. The molecular formula is C19H20N2O3. The van der Waals surface area contributed by atoms with Crippen molar-refractivity contribution in [3.8, 4) is 23.3 Å². The van der Waals surface area contributed by atoms with Gasteiger partial charge in [-0.1, -0.05) is 17.7 Å². The number of carbonyl (C=O) groups excluding carboxylic acids is 1. The molecule has 0 saturated carbocycles. The minimum Gasteiger partial charge on any atom is -0.484 e. The summed E-state index contributed by atoms with van der Waals surface area (Å²) in [5.74, 6) is 1.89. The predicted octanol–water partition coefficient (Wildman–Crippen LogP) is 3.54. The van der Waals surface area contributed by atoms with E-state index in [0.29, 0.717) is 24.5 Å². The van der Waals surface area contributed by atoms with Gasteiger partial charge in [0, 0.05) is 13.6 Å². The Labute approximate surface area is 142 Å². The second-order valence-corrected chi connectivity index (χ2v) is 5.40. The van der Waals surface area contributed by atoms with E-state index in [0.717, 1.165) is 5.75 Å². The van der Waals surface area contributed by atoms with Crippen molar-refractivity contribution in [2.45, 2.75) is 13.3 Å². The Kier molecular flexibility index (Phi) is 6.21. The van der Waals surface area contributed by atoms with Crippen molar-refractivity contribution in [1.29, 1.82) is 5.26 Å². The van der Waals surface area contributed by atoms with Gasteiger partial charge in [-0.15, -0.1) is 0 Å². The van der Waals surface area contributed by atoms with Crippen LogP contribution in [0, 0.1) is 18.3 Å². The third-order valence-corrected chi connectivity index (χ3v) is 3.43. The summed E-state index contributed by atoms with van der Waals surface area (Å²) in [6, 6.07) is 16.9. The van der Waals surface area contributed by atoms with E-state index in [1.165, 1.54) is 10.5 Å². The molecule has 24 heavy (non-hydrogen) atoms. The number of benzene rings is 2. The number of nitriles is 1. The van der Waals surface area contributed by atoms with E-state index in [4.69, 9.17) is 14.7 Å². The van der Waals surface area contributed by atoms with Crippen LogP contribution in [0.25, 0.3) is 0 Å². The average molecular weight is 324 g/mol. The number of hydrogen-bond acceptors (Lipinski definition) is 4. The number of nitrogens with zero attached hydrogens (tertiary/aromatic N) is 2. The molecule has 0 unspecified atom stereocenters. The molecule has 0 spiro atoms. The van der Waals surface area contributed by atoms with Crippen LogP contribution in [0.1, 0.15) is 12.0 Å². The quantitative estimate of drug-likeness (QED) is 0.781. The van der Waals surface area contributed by atoms with Gasteiger partial charge in [-0.2, -0.15) is 5.26 Å². The van der Waals surface area contributed by atoms with Gasteiger partial charge in [0.25, 0.3) is 5.91 Å². The Bertz CT molecular complexity index is 703. The number of hydrogen-bond donors (Lipinski definition) is 0. The van der Waals surface area contributed by atoms with Gasteiger partial charge in [0.05, 0.1) is 12.5 Å². The van der Waals surface area contributed by atoms with Crippen LogP contribution in [0.3, 0.4) is 0 Å². The van der Waals surface area contributed by atoms with Gasteiger partial charge >= 0.3 is 0 Å². The summed E-state index contributed by atoms with van der Waals surface area (Å²) >= 11 is 0. The van der Waals surface area contributed by atoms with Gasteiger partial charge in [-0.25, -0.2) is 0 Å². The van der Waals surface area contributed by atoms with Crippen LogP contribution in [0.2, 0.25) is 0 Å². The molecule has 0 bridgehead atoms. The molecule has 2 aromatic carbocycles. The summed E-state index contributed by atoms with van der Waals surface area (Å²) in [5, 5.41) is 8.52. The molecule has 0 radical (unpaired) electrons. The second-order valence-electron chi connectivity index (χ2n) is 5.40. The first-order valence-electron chi connectivity index (χ1n) is 7.67. The molecule has 0 aliphatic carbocycles. The van der Waals surface area contributed by atoms with Crippen molar-refractivity contribution in [3.05, 3.63) is 54.1 Å². The summed E-state index contributed by atoms with van der Waals surface area (Å²) in [6.07, 6.45) is 0.313. The molecule has 5 nitrogen and oxygen atoms in total. The van der Waals surface area contributed by atoms with E-state index in [-0.39, 0.29) is 12.5 Å². The summed E-state index contributed by atoms with van der Waals surface area (Å²) in [7, 11) is 1.65. The number of carbonyl (C=O) groups is 1. The van der Waals surface area contributed by atoms with E-state index in [9.17, 15) is 4.79 Å². The molecule has 2 rings (SSSR count). The predicted molar refractivity (Wildman–Crippen MR) is 91.1 cm³/mol. The number of amides is 1. The molecule has 0 aromatic heterocycles. The highest BCUT2D eigenvalue weighted by molar-refractivity contribution is 5.77. The first-order chi connectivity index (χ1) is 11.6. The highest BCUT2D eigenvalue weighted by Gasteiger charge is 2.09. The Morgan fingerprint density at radius 3 is 2.17 bits per heavy atom. The standard InChI is InChI=1S/C19H20N2O3/c1-15-4-6-17(7-5-15)24-18-10-8-16(9-11-18)23-14-19(22)21(2)13-3-12-20/h4-11H,3,13-14H2,1-2H3. The average Bonchev–Trinajstić information content (AvgIpc) is 2.60. The van der Waals surface area contributed by atoms with Gasteiger partial charge in [-0.05, 0) is 43.3 Å². The SMILES string of the molecule is Cc1ccc(Oc2ccc(OCC(=O)N(C)CCC#N)cc2)cc1. The summed E-state index contributed by atoms with van der Waals surface area (Å²) in [6.45, 7) is 2.37. The molecule has 0 fully saturated rings. The van der Waals surface area contributed by atoms with Crippen LogP contribution in [0.5, 0.6) is 17.2 Å². The molecule has 0 heterocycles. The van der Waals surface area contributed by atoms with Crippen LogP contribution in [0.4, 0.5) is 0 Å². The zero-order valence-electron chi connectivity index (χ0n) is 13.9. The number of likely N-dealkylation sites (N-methyl/N-ethyl adjacent to an activating group) is 1. The van der Waals surface area contributed by atoms with E-state index in [1.54, 1.807) is 31.3 Å². The number of rotatable bonds is 7. The van der Waals surface area contributed by atoms with Crippen LogP contribution >= 0.6 is 0 Å². The van der Waals surface area contributed by atoms with Gasteiger partial charge in [0.1, 0.15) is 17.2 Å². The number of aryl methyl sites for hydroxylation is 1. The van der Waals surface area contributed by atoms with Crippen LogP contribution in [0.15, 0.2) is 48.5 Å². The van der Waals surface area contributed by atoms with Crippen molar-refractivity contribution < 1.29 is 14.3 Å². The lowest BCUT2D eigenvalue weighted by molar-refractivity contribution is -0.131. The van der Waals surface area contributed by atoms with Crippen LogP contribution in [-0.2, 0) is 4.79 Å². The first kappa shape index (κ1) is 17.4. The zero-order chi connectivity index (χ0) is 17.4. The lowest BCUT2D eigenvalue weighted by atomic mass is 10.2. The molecule has 124 valence electrons. The fraction of sp³-hybridized carbons (Fsp3) is 0.263. The van der Waals surface area contributed by atoms with E-state index in [2.05, 4.69) is 0 Å². The summed E-state index contributed by atoms with van der Waals surface area (Å²) < 4.78 is 11.2. The van der Waals surface area contributed by atoms with Crippen molar-refractivity contribution in [2.24, 2.45) is 0 Å². The Morgan fingerprint density at radius 1 is 1.04 bits per heavy atom. The molecule has 2 aromatic rings. The summed E-state index contributed by atoms with van der Waals surface area (Å²) in [4.78, 5) is 13.3. The minimum atomic E-state index is -0.162. The van der Waals surface area contributed by atoms with Gasteiger partial charge in [0.15, 0.2) is 6.61 Å². The Morgan fingerprint density at radius 2 is 1.58 bits per heavy atom. The minimum absolute atomic E-state index is 0.0555. The normalized spacial score (nSPS) is 9.88. The lowest BCUT2D eigenvalue weighted by Crippen LogP contribution is -2.32. The van der Waals surface area contributed by atoms with Gasteiger partial charge in [-0.3, -0.25) is 4.79 Å². The molecular weight excluding hydrogens is 304 g/mol. The molecule has 0 aliphatic rings. The van der Waals surface area contributed by atoms with Crippen molar-refractivity contribution >= 4 is 5.91 Å². The Balaban J connectivity index is 1.84. The maximum atomic E-state index is 11.8. The van der Waals surface area contributed by atoms with Crippen molar-refractivity contribution in [1.82, 2.24) is 4.90 Å². The molecule has 0 atom stereocenters. The fourth-order valence-corrected chi connectivity index (χ4v) is 1.94. The Hall–Kier alpha value is -3.00. The fourth-order valence-electron chi connectivity index (χ4n) is 1.94. The molecule has 0 saturated heterocycles. The monoisotopic (exact) mass is 324 g/mol. The highest BCUT2D eigenvalue weighted by atomic mass is 16.5. The van der Waals surface area contributed by atoms with E-state index in [1.807, 2.05) is 37.3 Å². The lowest BCUT2D eigenvalue weighted by Gasteiger charge is -2.15. The third-order valence-electron chi connectivity index (χ3n) is 3.43. The highest BCUT2D eigenvalue weighted by Crippen LogP contribution is 2.24.